The number of thioether (sulfide) groups is 1. The topological polar surface area (TPSA) is 62.3 Å². The average Bonchev–Trinajstić information content (AvgIpc) is 3.43. The summed E-state index contributed by atoms with van der Waals surface area (Å²) in [5, 5.41) is 9.37. The molecule has 0 unspecified atom stereocenters. The minimum Gasteiger partial charge on any atom is -0.461 e. The third-order valence-electron chi connectivity index (χ3n) is 5.34. The first kappa shape index (κ1) is 21.5. The van der Waals surface area contributed by atoms with Crippen LogP contribution in [-0.2, 0) is 23.6 Å². The number of benzene rings is 2. The quantitative estimate of drug-likeness (QED) is 0.245. The van der Waals surface area contributed by atoms with E-state index in [0.29, 0.717) is 40.4 Å². The fourth-order valence-corrected chi connectivity index (χ4v) is 4.67. The first-order valence-electron chi connectivity index (χ1n) is 10.5. The fraction of sp³-hybridized carbons (Fsp3) is 0.200. The van der Waals surface area contributed by atoms with Gasteiger partial charge in [0.25, 0.3) is 0 Å². The van der Waals surface area contributed by atoms with Crippen LogP contribution in [0.1, 0.15) is 28.5 Å². The highest BCUT2D eigenvalue weighted by molar-refractivity contribution is 7.98. The van der Waals surface area contributed by atoms with Gasteiger partial charge in [-0.3, -0.25) is 4.57 Å². The van der Waals surface area contributed by atoms with Crippen LogP contribution in [0.25, 0.3) is 11.6 Å². The summed E-state index contributed by atoms with van der Waals surface area (Å²) in [5.74, 6) is 2.09. The molecule has 0 aliphatic carbocycles. The molecule has 0 radical (unpaired) electrons. The largest absolute Gasteiger partial charge is 0.461 e. The molecule has 4 aromatic rings. The van der Waals surface area contributed by atoms with E-state index in [0.717, 1.165) is 16.7 Å². The molecule has 1 aliphatic heterocycles. The van der Waals surface area contributed by atoms with Crippen molar-refractivity contribution in [3.05, 3.63) is 95.5 Å². The second-order valence-electron chi connectivity index (χ2n) is 7.65. The summed E-state index contributed by atoms with van der Waals surface area (Å²) in [6, 6.07) is 14.6. The second-order valence-corrected chi connectivity index (χ2v) is 8.59. The number of halogens is 1. The number of ether oxygens (including phenoxy) is 2. The molecule has 2 aromatic heterocycles. The molecule has 3 heterocycles. The third-order valence-corrected chi connectivity index (χ3v) is 6.36. The van der Waals surface area contributed by atoms with Gasteiger partial charge < -0.3 is 13.9 Å². The van der Waals surface area contributed by atoms with Crippen LogP contribution >= 0.6 is 11.8 Å². The number of furan rings is 1. The van der Waals surface area contributed by atoms with E-state index in [9.17, 15) is 4.39 Å². The van der Waals surface area contributed by atoms with Crippen molar-refractivity contribution in [2.24, 2.45) is 0 Å². The summed E-state index contributed by atoms with van der Waals surface area (Å²) < 4.78 is 33.9. The first-order chi connectivity index (χ1) is 16.1. The molecule has 5 rings (SSSR count). The molecule has 1 atom stereocenters. The molecule has 0 amide bonds. The van der Waals surface area contributed by atoms with Gasteiger partial charge in [0.15, 0.2) is 10.9 Å². The van der Waals surface area contributed by atoms with Crippen LogP contribution in [0.4, 0.5) is 4.39 Å². The highest BCUT2D eigenvalue weighted by Crippen LogP contribution is 2.39. The van der Waals surface area contributed by atoms with E-state index in [2.05, 4.69) is 16.8 Å². The van der Waals surface area contributed by atoms with Gasteiger partial charge in [0.2, 0.25) is 12.1 Å². The van der Waals surface area contributed by atoms with Crippen LogP contribution in [0.3, 0.4) is 0 Å². The zero-order valence-corrected chi connectivity index (χ0v) is 18.8. The fourth-order valence-electron chi connectivity index (χ4n) is 3.76. The van der Waals surface area contributed by atoms with Gasteiger partial charge in [-0.1, -0.05) is 48.2 Å². The molecular formula is C25H22FN3O3S. The van der Waals surface area contributed by atoms with E-state index in [1.807, 2.05) is 47.9 Å². The van der Waals surface area contributed by atoms with Gasteiger partial charge in [0, 0.05) is 29.0 Å². The number of aryl methyl sites for hydroxylation is 1. The van der Waals surface area contributed by atoms with Crippen LogP contribution in [0, 0.1) is 12.7 Å². The van der Waals surface area contributed by atoms with E-state index in [-0.39, 0.29) is 12.4 Å². The van der Waals surface area contributed by atoms with E-state index in [1.54, 1.807) is 12.3 Å². The van der Waals surface area contributed by atoms with Crippen molar-refractivity contribution in [1.29, 1.82) is 0 Å². The molecular weight excluding hydrogens is 441 g/mol. The van der Waals surface area contributed by atoms with E-state index in [4.69, 9.17) is 13.9 Å². The minimum absolute atomic E-state index is 0.277. The van der Waals surface area contributed by atoms with E-state index >= 15 is 0 Å². The molecule has 0 saturated heterocycles. The minimum atomic E-state index is -0.536. The first-order valence-corrected chi connectivity index (χ1v) is 11.5. The summed E-state index contributed by atoms with van der Waals surface area (Å²) in [7, 11) is 0. The molecule has 33 heavy (non-hydrogen) atoms. The third kappa shape index (κ3) is 4.31. The molecule has 0 saturated carbocycles. The van der Waals surface area contributed by atoms with Gasteiger partial charge >= 0.3 is 0 Å². The Balaban J connectivity index is 1.42. The Morgan fingerprint density at radius 1 is 1.21 bits per heavy atom. The van der Waals surface area contributed by atoms with Gasteiger partial charge in [-0.25, -0.2) is 4.39 Å². The number of aromatic nitrogens is 3. The van der Waals surface area contributed by atoms with Crippen molar-refractivity contribution < 1.29 is 18.3 Å². The van der Waals surface area contributed by atoms with Crippen molar-refractivity contribution >= 4 is 11.8 Å². The number of rotatable bonds is 7. The van der Waals surface area contributed by atoms with Gasteiger partial charge in [-0.05, 0) is 30.7 Å². The normalized spacial score (nSPS) is 15.2. The molecule has 0 spiro atoms. The van der Waals surface area contributed by atoms with Crippen LogP contribution < -0.4 is 4.74 Å². The summed E-state index contributed by atoms with van der Waals surface area (Å²) in [5.41, 5.74) is 3.32. The predicted octanol–water partition coefficient (Wildman–Crippen LogP) is 6.07. The summed E-state index contributed by atoms with van der Waals surface area (Å²) >= 11 is 1.46. The number of allylic oxidation sites excluding steroid dienone is 1. The molecule has 2 aromatic carbocycles. The Morgan fingerprint density at radius 3 is 2.82 bits per heavy atom. The summed E-state index contributed by atoms with van der Waals surface area (Å²) in [4.78, 5) is 0. The number of hydrogen-bond donors (Lipinski definition) is 0. The second kappa shape index (κ2) is 9.25. The van der Waals surface area contributed by atoms with E-state index < -0.39 is 6.29 Å². The molecule has 0 bridgehead atoms. The molecule has 8 heteroatoms. The Morgan fingerprint density at radius 2 is 2.06 bits per heavy atom. The lowest BCUT2D eigenvalue weighted by atomic mass is 10.1. The van der Waals surface area contributed by atoms with Crippen LogP contribution in [0.15, 0.2) is 77.0 Å². The Hall–Kier alpha value is -3.36. The Bertz CT molecular complexity index is 1290. The number of hydrogen-bond acceptors (Lipinski definition) is 6. The van der Waals surface area contributed by atoms with Gasteiger partial charge in [0.1, 0.15) is 11.6 Å². The predicted molar refractivity (Wildman–Crippen MR) is 123 cm³/mol. The van der Waals surface area contributed by atoms with Crippen molar-refractivity contribution in [2.45, 2.75) is 37.3 Å². The summed E-state index contributed by atoms with van der Waals surface area (Å²) in [6.07, 6.45) is 2.88. The number of fused-ring (bicyclic) bond motifs is 1. The molecule has 0 fully saturated rings. The molecule has 168 valence electrons. The van der Waals surface area contributed by atoms with Crippen LogP contribution in [-0.4, -0.2) is 14.8 Å². The molecule has 6 nitrogen and oxygen atoms in total. The smallest absolute Gasteiger partial charge is 0.227 e. The lowest BCUT2D eigenvalue weighted by Crippen LogP contribution is -2.19. The van der Waals surface area contributed by atoms with Gasteiger partial charge in [-0.15, -0.1) is 16.8 Å². The lowest BCUT2D eigenvalue weighted by Gasteiger charge is -2.28. The monoisotopic (exact) mass is 463 g/mol. The van der Waals surface area contributed by atoms with Crippen molar-refractivity contribution in [1.82, 2.24) is 14.8 Å². The van der Waals surface area contributed by atoms with Crippen molar-refractivity contribution in [2.75, 3.05) is 0 Å². The maximum absolute atomic E-state index is 14.4. The van der Waals surface area contributed by atoms with Crippen molar-refractivity contribution in [3.63, 3.8) is 0 Å². The Kier molecular flexibility index (Phi) is 6.02. The lowest BCUT2D eigenvalue weighted by molar-refractivity contribution is -0.112. The highest BCUT2D eigenvalue weighted by atomic mass is 32.2. The zero-order chi connectivity index (χ0) is 22.8. The molecule has 1 aliphatic rings. The summed E-state index contributed by atoms with van der Waals surface area (Å²) in [6.45, 7) is 6.60. The average molecular weight is 464 g/mol. The van der Waals surface area contributed by atoms with Gasteiger partial charge in [0.05, 0.1) is 12.9 Å². The SMILES string of the molecule is C=CCn1c(SCc2cc(F)cc3c2O[C@@H](c2ccccc2)OC3)nnc1-c1occc1C. The standard InChI is InChI=1S/C25H22FN3O3S/c1-3-10-29-23(21-16(2)9-11-30-21)27-28-25(29)33-15-19-13-20(26)12-18-14-31-24(32-22(18)19)17-7-5-4-6-8-17/h3-9,11-13,24H,1,10,14-15H2,2H3/t24-/m0/s1. The van der Waals surface area contributed by atoms with Crippen molar-refractivity contribution in [3.8, 4) is 17.3 Å². The zero-order valence-electron chi connectivity index (χ0n) is 18.0. The van der Waals surface area contributed by atoms with Gasteiger partial charge in [-0.2, -0.15) is 0 Å². The maximum Gasteiger partial charge on any atom is 0.227 e. The molecule has 0 N–H and O–H groups in total. The van der Waals surface area contributed by atoms with Crippen LogP contribution in [0.2, 0.25) is 0 Å². The highest BCUT2D eigenvalue weighted by Gasteiger charge is 2.26. The van der Waals surface area contributed by atoms with Crippen LogP contribution in [0.5, 0.6) is 5.75 Å². The number of nitrogens with zero attached hydrogens (tertiary/aromatic N) is 3. The maximum atomic E-state index is 14.4. The van der Waals surface area contributed by atoms with E-state index in [1.165, 1.54) is 23.9 Å². The Labute approximate surface area is 195 Å².